The van der Waals surface area contributed by atoms with Gasteiger partial charge in [0.2, 0.25) is 0 Å². The summed E-state index contributed by atoms with van der Waals surface area (Å²) in [5.74, 6) is -1.21. The number of carboxylic acids is 1. The number of para-hydroxylation sites is 1. The smallest absolute Gasteiger partial charge is 0.333 e. The summed E-state index contributed by atoms with van der Waals surface area (Å²) in [5.41, 5.74) is 6.19. The van der Waals surface area contributed by atoms with E-state index in [2.05, 4.69) is 59.1 Å². The first-order chi connectivity index (χ1) is 15.6. The van der Waals surface area contributed by atoms with Gasteiger partial charge in [-0.15, -0.1) is 0 Å². The van der Waals surface area contributed by atoms with Crippen LogP contribution < -0.4 is 4.90 Å². The second kappa shape index (κ2) is 11.7. The molecule has 1 aliphatic rings. The summed E-state index contributed by atoms with van der Waals surface area (Å²) in [7, 11) is 0. The van der Waals surface area contributed by atoms with Crippen molar-refractivity contribution >= 4 is 23.4 Å². The van der Waals surface area contributed by atoms with Gasteiger partial charge >= 0.3 is 5.97 Å². The molecule has 164 valence electrons. The molecule has 0 saturated carbocycles. The Balaban J connectivity index is 1.80. The van der Waals surface area contributed by atoms with Crippen molar-refractivity contribution in [2.45, 2.75) is 45.4 Å². The Hall–Kier alpha value is -3.58. The van der Waals surface area contributed by atoms with Gasteiger partial charge in [-0.1, -0.05) is 74.8 Å². The van der Waals surface area contributed by atoms with Gasteiger partial charge in [0.15, 0.2) is 0 Å². The maximum atomic E-state index is 10.8. The zero-order valence-corrected chi connectivity index (χ0v) is 18.6. The summed E-state index contributed by atoms with van der Waals surface area (Å²) in [6, 6.07) is 15.4. The minimum Gasteiger partial charge on any atom is -0.486 e. The van der Waals surface area contributed by atoms with Crippen molar-refractivity contribution in [1.29, 1.82) is 0 Å². The van der Waals surface area contributed by atoms with Crippen LogP contribution in [0.4, 0.5) is 11.4 Å². The lowest BCUT2D eigenvalue weighted by atomic mass is 10.0. The molecular formula is C28H30N2O2. The van der Waals surface area contributed by atoms with Crippen molar-refractivity contribution in [2.24, 2.45) is 0 Å². The average Bonchev–Trinajstić information content (AvgIpc) is 2.95. The molecule has 1 N–H and O–H groups in total. The van der Waals surface area contributed by atoms with Crippen LogP contribution in [0.5, 0.6) is 0 Å². The number of hydrogen-bond acceptors (Lipinski definition) is 2. The van der Waals surface area contributed by atoms with Crippen molar-refractivity contribution in [3.05, 3.63) is 101 Å². The highest BCUT2D eigenvalue weighted by Gasteiger charge is 2.20. The van der Waals surface area contributed by atoms with Crippen molar-refractivity contribution in [1.82, 2.24) is 0 Å². The van der Waals surface area contributed by atoms with E-state index in [-0.39, 0.29) is 5.70 Å². The number of unbranched alkanes of at least 4 members (excludes halogenated alkanes) is 3. The number of rotatable bonds is 9. The fraction of sp³-hybridized carbons (Fsp3) is 0.286. The fourth-order valence-corrected chi connectivity index (χ4v) is 4.03. The molecule has 0 aliphatic carbocycles. The molecule has 0 fully saturated rings. The molecule has 0 atom stereocenters. The second-order valence-corrected chi connectivity index (χ2v) is 7.94. The van der Waals surface area contributed by atoms with Gasteiger partial charge in [-0.2, -0.15) is 0 Å². The van der Waals surface area contributed by atoms with Crippen molar-refractivity contribution < 1.29 is 9.90 Å². The van der Waals surface area contributed by atoms with Crippen LogP contribution in [0, 0.1) is 6.57 Å². The molecule has 0 unspecified atom stereocenters. The molecular weight excluding hydrogens is 396 g/mol. The third-order valence-corrected chi connectivity index (χ3v) is 5.68. The number of carboxylic acid groups (broad SMARTS) is 1. The van der Waals surface area contributed by atoms with Gasteiger partial charge in [0.1, 0.15) is 0 Å². The number of aryl methyl sites for hydroxylation is 2. The van der Waals surface area contributed by atoms with Crippen molar-refractivity contribution in [3.8, 4) is 0 Å². The molecule has 3 rings (SSSR count). The summed E-state index contributed by atoms with van der Waals surface area (Å²) in [4.78, 5) is 16.3. The number of anilines is 2. The fourth-order valence-electron chi connectivity index (χ4n) is 4.03. The van der Waals surface area contributed by atoms with Crippen LogP contribution in [0.2, 0.25) is 0 Å². The molecule has 0 spiro atoms. The number of aliphatic carboxylic acids is 1. The Morgan fingerprint density at radius 2 is 1.81 bits per heavy atom. The number of benzene rings is 2. The highest BCUT2D eigenvalue weighted by molar-refractivity contribution is 5.88. The largest absolute Gasteiger partial charge is 0.486 e. The van der Waals surface area contributed by atoms with E-state index in [9.17, 15) is 4.79 Å². The summed E-state index contributed by atoms with van der Waals surface area (Å²) in [6.45, 7) is 10.1. The number of hydrogen-bond donors (Lipinski definition) is 1. The van der Waals surface area contributed by atoms with Gasteiger partial charge in [0.05, 0.1) is 6.57 Å². The Bertz CT molecular complexity index is 1070. The van der Waals surface area contributed by atoms with Crippen LogP contribution in [-0.2, 0) is 17.6 Å². The van der Waals surface area contributed by atoms with E-state index in [1.807, 2.05) is 12.2 Å². The van der Waals surface area contributed by atoms with E-state index in [0.29, 0.717) is 0 Å². The molecule has 0 radical (unpaired) electrons. The highest BCUT2D eigenvalue weighted by Crippen LogP contribution is 2.36. The Morgan fingerprint density at radius 3 is 2.59 bits per heavy atom. The van der Waals surface area contributed by atoms with Crippen LogP contribution in [0.15, 0.2) is 72.5 Å². The molecule has 0 bridgehead atoms. The molecule has 0 amide bonds. The first-order valence-corrected chi connectivity index (χ1v) is 11.3. The monoisotopic (exact) mass is 426 g/mol. The normalized spacial score (nSPS) is 13.6. The van der Waals surface area contributed by atoms with Crippen molar-refractivity contribution in [3.63, 3.8) is 0 Å². The van der Waals surface area contributed by atoms with E-state index in [1.165, 1.54) is 54.3 Å². The molecule has 32 heavy (non-hydrogen) atoms. The summed E-state index contributed by atoms with van der Waals surface area (Å²) < 4.78 is 0. The second-order valence-electron chi connectivity index (χ2n) is 7.94. The maximum absolute atomic E-state index is 10.8. The zero-order chi connectivity index (χ0) is 22.8. The van der Waals surface area contributed by atoms with E-state index < -0.39 is 5.97 Å². The summed E-state index contributed by atoms with van der Waals surface area (Å²) in [5, 5.41) is 8.87. The lowest BCUT2D eigenvalue weighted by Gasteiger charge is -2.27. The lowest BCUT2D eigenvalue weighted by Crippen LogP contribution is -2.19. The third-order valence-electron chi connectivity index (χ3n) is 5.68. The summed E-state index contributed by atoms with van der Waals surface area (Å²) in [6.07, 6.45) is 15.5. The molecule has 0 saturated heterocycles. The van der Waals surface area contributed by atoms with Crippen LogP contribution in [0.25, 0.3) is 10.9 Å². The molecule has 0 aromatic heterocycles. The van der Waals surface area contributed by atoms with Gasteiger partial charge in [-0.3, -0.25) is 4.79 Å². The quantitative estimate of drug-likeness (QED) is 0.204. The molecule has 1 heterocycles. The van der Waals surface area contributed by atoms with Crippen LogP contribution >= 0.6 is 0 Å². The first-order valence-electron chi connectivity index (χ1n) is 11.3. The summed E-state index contributed by atoms with van der Waals surface area (Å²) >= 11 is 0. The Kier molecular flexibility index (Phi) is 8.45. The van der Waals surface area contributed by atoms with Crippen molar-refractivity contribution in [2.75, 3.05) is 11.4 Å². The standard InChI is InChI=1S/C28H30N2O2/c1-3-4-5-11-20-30-26-15-10-9-13-23(26)17-18-24-21-22(16-19-27(24)30)12-7-6-8-14-25(29-2)28(31)32/h6-10,12-16,19,21H,3-5,11,17-18,20H2,1H3,(H,31,32)/b8-6+,12-7+,25-14-. The first kappa shape index (κ1) is 23.1. The van der Waals surface area contributed by atoms with Gasteiger partial charge in [0, 0.05) is 17.9 Å². The van der Waals surface area contributed by atoms with Gasteiger partial charge in [0.25, 0.3) is 5.70 Å². The van der Waals surface area contributed by atoms with Gasteiger partial charge < -0.3 is 10.0 Å². The molecule has 4 heteroatoms. The topological polar surface area (TPSA) is 44.9 Å². The predicted octanol–water partition coefficient (Wildman–Crippen LogP) is 6.96. The molecule has 2 aromatic carbocycles. The number of nitrogens with zero attached hydrogens (tertiary/aromatic N) is 2. The highest BCUT2D eigenvalue weighted by atomic mass is 16.4. The molecule has 2 aromatic rings. The zero-order valence-electron chi connectivity index (χ0n) is 18.6. The SMILES string of the molecule is [C-]#[N+]\C(=C/C=C/C=C/c1ccc2c(c1)CCc1ccccc1N2CCCCCC)C(=O)O. The minimum absolute atomic E-state index is 0.293. The third kappa shape index (κ3) is 5.98. The predicted molar refractivity (Wildman–Crippen MR) is 132 cm³/mol. The van der Waals surface area contributed by atoms with E-state index in [0.717, 1.165) is 24.9 Å². The van der Waals surface area contributed by atoms with Gasteiger partial charge in [-0.25, -0.2) is 4.85 Å². The minimum atomic E-state index is -1.21. The lowest BCUT2D eigenvalue weighted by molar-refractivity contribution is -0.132. The molecule has 1 aliphatic heterocycles. The maximum Gasteiger partial charge on any atom is 0.333 e. The molecule has 4 nitrogen and oxygen atoms in total. The van der Waals surface area contributed by atoms with E-state index >= 15 is 0 Å². The van der Waals surface area contributed by atoms with Crippen LogP contribution in [0.1, 0.15) is 49.3 Å². The number of fused-ring (bicyclic) bond motifs is 2. The van der Waals surface area contributed by atoms with E-state index in [1.54, 1.807) is 12.2 Å². The number of allylic oxidation sites excluding steroid dienone is 4. The van der Waals surface area contributed by atoms with Crippen LogP contribution in [-0.4, -0.2) is 17.6 Å². The van der Waals surface area contributed by atoms with Gasteiger partial charge in [-0.05, 0) is 60.2 Å². The van der Waals surface area contributed by atoms with E-state index in [4.69, 9.17) is 11.7 Å². The Morgan fingerprint density at radius 1 is 1.03 bits per heavy atom. The number of carbonyl (C=O) groups is 1. The van der Waals surface area contributed by atoms with Crippen LogP contribution in [0.3, 0.4) is 0 Å². The Labute approximate surface area is 191 Å². The average molecular weight is 427 g/mol.